The number of phenols is 1. The summed E-state index contributed by atoms with van der Waals surface area (Å²) in [5.74, 6) is 0.926. The number of benzene rings is 1. The van der Waals surface area contributed by atoms with Crippen LogP contribution in [-0.2, 0) is 24.4 Å². The van der Waals surface area contributed by atoms with Gasteiger partial charge in [-0.3, -0.25) is 4.57 Å². The molecule has 2 aromatic rings. The minimum Gasteiger partial charge on any atom is -0.507 e. The van der Waals surface area contributed by atoms with Crippen LogP contribution in [-0.4, -0.2) is 29.6 Å². The van der Waals surface area contributed by atoms with Crippen LogP contribution in [0.15, 0.2) is 36.5 Å². The highest BCUT2D eigenvalue weighted by molar-refractivity contribution is 7.54. The molecule has 2 rings (SSSR count). The van der Waals surface area contributed by atoms with E-state index >= 15 is 0 Å². The van der Waals surface area contributed by atoms with Gasteiger partial charge in [0.1, 0.15) is 17.9 Å². The number of nitrogens with zero attached hydrogens (tertiary/aromatic N) is 2. The maximum Gasteiger partial charge on any atom is 0.350 e. The molecule has 0 amide bonds. The zero-order chi connectivity index (χ0) is 23.4. The Kier molecular flexibility index (Phi) is 7.96. The van der Waals surface area contributed by atoms with Gasteiger partial charge in [-0.1, -0.05) is 47.6 Å². The molecule has 1 heterocycles. The van der Waals surface area contributed by atoms with E-state index in [0.29, 0.717) is 11.6 Å². The van der Waals surface area contributed by atoms with E-state index in [9.17, 15) is 9.67 Å². The quantitative estimate of drug-likeness (QED) is 0.451. The predicted molar refractivity (Wildman–Crippen MR) is 128 cm³/mol. The Bertz CT molecular complexity index is 872. The normalized spacial score (nSPS) is 12.8. The van der Waals surface area contributed by atoms with E-state index in [-0.39, 0.29) is 30.3 Å². The van der Waals surface area contributed by atoms with Crippen LogP contribution in [0.3, 0.4) is 0 Å². The monoisotopic (exact) mass is 448 g/mol. The lowest BCUT2D eigenvalue weighted by atomic mass is 9.79. The number of hydrogen-bond donors (Lipinski definition) is 1. The van der Waals surface area contributed by atoms with Crippen molar-refractivity contribution in [3.05, 3.63) is 47.7 Å². The van der Waals surface area contributed by atoms with Gasteiger partial charge in [-0.05, 0) is 48.9 Å². The van der Waals surface area contributed by atoms with Gasteiger partial charge >= 0.3 is 7.60 Å². The lowest BCUT2D eigenvalue weighted by Crippen LogP contribution is -2.24. The van der Waals surface area contributed by atoms with Crippen LogP contribution in [0.4, 0.5) is 11.5 Å². The van der Waals surface area contributed by atoms with Gasteiger partial charge in [0.25, 0.3) is 0 Å². The van der Waals surface area contributed by atoms with E-state index in [1.807, 2.05) is 35.2 Å². The fraction of sp³-hybridized carbons (Fsp3) is 0.542. The van der Waals surface area contributed by atoms with Crippen molar-refractivity contribution in [2.45, 2.75) is 66.2 Å². The first-order valence-electron chi connectivity index (χ1n) is 10.8. The molecule has 0 aliphatic heterocycles. The molecular weight excluding hydrogens is 411 g/mol. The summed E-state index contributed by atoms with van der Waals surface area (Å²) >= 11 is 0. The summed E-state index contributed by atoms with van der Waals surface area (Å²) in [4.78, 5) is 6.35. The molecule has 0 fully saturated rings. The van der Waals surface area contributed by atoms with Crippen molar-refractivity contribution in [1.82, 2.24) is 4.98 Å². The van der Waals surface area contributed by atoms with Gasteiger partial charge in [0.15, 0.2) is 0 Å². The van der Waals surface area contributed by atoms with E-state index in [1.54, 1.807) is 20.0 Å². The van der Waals surface area contributed by atoms with Gasteiger partial charge in [-0.25, -0.2) is 4.98 Å². The van der Waals surface area contributed by atoms with Gasteiger partial charge in [-0.2, -0.15) is 0 Å². The van der Waals surface area contributed by atoms with Gasteiger partial charge in [0.2, 0.25) is 0 Å². The highest BCUT2D eigenvalue weighted by Crippen LogP contribution is 2.51. The molecule has 0 aliphatic carbocycles. The SMILES string of the molecule is CCOP(=O)(CN(c1cc(C(C)(C)C)c(O)c(C(C)(C)C)c1)c1ccccn1)OCC. The largest absolute Gasteiger partial charge is 0.507 e. The minimum atomic E-state index is -3.41. The Balaban J connectivity index is 2.75. The molecule has 1 aromatic heterocycles. The topological polar surface area (TPSA) is 71.9 Å². The molecular formula is C24H37N2O4P. The van der Waals surface area contributed by atoms with Crippen molar-refractivity contribution in [2.24, 2.45) is 0 Å². The van der Waals surface area contributed by atoms with Crippen LogP contribution < -0.4 is 4.90 Å². The summed E-state index contributed by atoms with van der Waals surface area (Å²) in [5, 5.41) is 11.1. The number of pyridine rings is 1. The highest BCUT2D eigenvalue weighted by atomic mass is 31.2. The number of phenolic OH excluding ortho intramolecular Hbond substituents is 1. The molecule has 0 aliphatic rings. The molecule has 1 aromatic carbocycles. The molecule has 31 heavy (non-hydrogen) atoms. The molecule has 0 bridgehead atoms. The van der Waals surface area contributed by atoms with E-state index < -0.39 is 7.60 Å². The van der Waals surface area contributed by atoms with Gasteiger partial charge < -0.3 is 19.1 Å². The third kappa shape index (κ3) is 6.31. The second-order valence-electron chi connectivity index (χ2n) is 9.59. The predicted octanol–water partition coefficient (Wildman–Crippen LogP) is 6.74. The van der Waals surface area contributed by atoms with Gasteiger partial charge in [-0.15, -0.1) is 0 Å². The maximum atomic E-state index is 13.4. The maximum absolute atomic E-state index is 13.4. The van der Waals surface area contributed by atoms with Crippen molar-refractivity contribution < 1.29 is 18.7 Å². The smallest absolute Gasteiger partial charge is 0.350 e. The fourth-order valence-corrected chi connectivity index (χ4v) is 5.08. The molecule has 1 N–H and O–H groups in total. The Morgan fingerprint density at radius 3 is 1.87 bits per heavy atom. The Labute approximate surface area is 187 Å². The summed E-state index contributed by atoms with van der Waals surface area (Å²) in [6.45, 7) is 16.5. The first-order valence-corrected chi connectivity index (χ1v) is 12.5. The lowest BCUT2D eigenvalue weighted by molar-refractivity contribution is 0.220. The zero-order valence-corrected chi connectivity index (χ0v) is 21.0. The van der Waals surface area contributed by atoms with Crippen LogP contribution in [0.2, 0.25) is 0 Å². The average molecular weight is 449 g/mol. The molecule has 0 radical (unpaired) electrons. The number of hydrogen-bond acceptors (Lipinski definition) is 6. The molecule has 0 spiro atoms. The number of anilines is 2. The second kappa shape index (κ2) is 9.72. The second-order valence-corrected chi connectivity index (χ2v) is 11.6. The highest BCUT2D eigenvalue weighted by Gasteiger charge is 2.32. The van der Waals surface area contributed by atoms with Crippen molar-refractivity contribution in [3.8, 4) is 5.75 Å². The summed E-state index contributed by atoms with van der Waals surface area (Å²) < 4.78 is 24.6. The molecule has 6 nitrogen and oxygen atoms in total. The Morgan fingerprint density at radius 2 is 1.48 bits per heavy atom. The average Bonchev–Trinajstić information content (AvgIpc) is 2.66. The van der Waals surface area contributed by atoms with Gasteiger partial charge in [0.05, 0.1) is 13.2 Å². The van der Waals surface area contributed by atoms with Crippen molar-refractivity contribution in [1.29, 1.82) is 0 Å². The Hall–Kier alpha value is -1.88. The van der Waals surface area contributed by atoms with E-state index in [1.165, 1.54) is 0 Å². The van der Waals surface area contributed by atoms with E-state index in [2.05, 4.69) is 46.5 Å². The summed E-state index contributed by atoms with van der Waals surface area (Å²) in [5.41, 5.74) is 1.83. The van der Waals surface area contributed by atoms with Gasteiger partial charge in [0, 0.05) is 23.0 Å². The summed E-state index contributed by atoms with van der Waals surface area (Å²) in [6, 6.07) is 9.48. The molecule has 0 atom stereocenters. The van der Waals surface area contributed by atoms with Crippen molar-refractivity contribution in [3.63, 3.8) is 0 Å². The van der Waals surface area contributed by atoms with Crippen LogP contribution in [0.1, 0.15) is 66.5 Å². The van der Waals surface area contributed by atoms with Crippen LogP contribution >= 0.6 is 7.60 Å². The minimum absolute atomic E-state index is 0.0175. The van der Waals surface area contributed by atoms with E-state index in [0.717, 1.165) is 16.8 Å². The van der Waals surface area contributed by atoms with Crippen molar-refractivity contribution >= 4 is 19.1 Å². The molecule has 7 heteroatoms. The number of aromatic hydroxyl groups is 1. The first-order chi connectivity index (χ1) is 14.3. The van der Waals surface area contributed by atoms with E-state index in [4.69, 9.17) is 9.05 Å². The standard InChI is InChI=1S/C24H37N2O4P/c1-9-29-31(28,30-10-2)17-26(21-13-11-12-14-25-21)18-15-19(23(3,4)5)22(27)20(16-18)24(6,7)8/h11-16,27H,9-10,17H2,1-8H3. The van der Waals surface area contributed by atoms with Crippen molar-refractivity contribution in [2.75, 3.05) is 24.4 Å². The molecule has 172 valence electrons. The third-order valence-electron chi connectivity index (χ3n) is 4.91. The zero-order valence-electron chi connectivity index (χ0n) is 20.1. The fourth-order valence-electron chi connectivity index (χ4n) is 3.40. The summed E-state index contributed by atoms with van der Waals surface area (Å²) in [6.07, 6.45) is 1.72. The number of aromatic nitrogens is 1. The van der Waals surface area contributed by atoms with Crippen LogP contribution in [0, 0.1) is 0 Å². The molecule has 0 unspecified atom stereocenters. The van der Waals surface area contributed by atoms with Crippen LogP contribution in [0.25, 0.3) is 0 Å². The Morgan fingerprint density at radius 1 is 0.968 bits per heavy atom. The third-order valence-corrected chi connectivity index (χ3v) is 6.85. The molecule has 0 saturated heterocycles. The number of rotatable bonds is 8. The summed E-state index contributed by atoms with van der Waals surface area (Å²) in [7, 11) is -3.41. The first kappa shape index (κ1) is 25.4. The molecule has 0 saturated carbocycles. The lowest BCUT2D eigenvalue weighted by Gasteiger charge is -2.32. The van der Waals surface area contributed by atoms with Crippen LogP contribution in [0.5, 0.6) is 5.75 Å².